The highest BCUT2D eigenvalue weighted by atomic mass is 16.2. The summed E-state index contributed by atoms with van der Waals surface area (Å²) in [5.74, 6) is 0.407. The maximum Gasteiger partial charge on any atom is 0.230 e. The zero-order valence-electron chi connectivity index (χ0n) is 11.5. The van der Waals surface area contributed by atoms with E-state index in [9.17, 15) is 4.79 Å². The molecule has 2 rings (SSSR count). The first kappa shape index (κ1) is 12.9. The molecule has 17 heavy (non-hydrogen) atoms. The summed E-state index contributed by atoms with van der Waals surface area (Å²) in [5, 5.41) is 3.37. The molecule has 0 radical (unpaired) electrons. The van der Waals surface area contributed by atoms with Crippen LogP contribution in [0.5, 0.6) is 0 Å². The Morgan fingerprint density at radius 2 is 2.00 bits per heavy atom. The minimum atomic E-state index is -0.111. The molecule has 0 aliphatic carbocycles. The topological polar surface area (TPSA) is 32.3 Å². The molecular formula is C14H26N2O. The van der Waals surface area contributed by atoms with E-state index in [2.05, 4.69) is 31.0 Å². The van der Waals surface area contributed by atoms with Crippen LogP contribution in [0.3, 0.4) is 0 Å². The lowest BCUT2D eigenvalue weighted by atomic mass is 9.81. The van der Waals surface area contributed by atoms with E-state index in [4.69, 9.17) is 0 Å². The molecule has 0 aromatic heterocycles. The average molecular weight is 238 g/mol. The number of likely N-dealkylation sites (tertiary alicyclic amines) is 1. The first-order valence-electron chi connectivity index (χ1n) is 7.14. The highest BCUT2D eigenvalue weighted by Crippen LogP contribution is 2.35. The molecule has 1 amide bonds. The van der Waals surface area contributed by atoms with Gasteiger partial charge in [-0.05, 0) is 52.5 Å². The Morgan fingerprint density at radius 1 is 1.35 bits per heavy atom. The predicted octanol–water partition coefficient (Wildman–Crippen LogP) is 2.17. The largest absolute Gasteiger partial charge is 0.337 e. The molecule has 2 heterocycles. The summed E-state index contributed by atoms with van der Waals surface area (Å²) in [4.78, 5) is 15.0. The summed E-state index contributed by atoms with van der Waals surface area (Å²) in [5.41, 5.74) is -0.111. The molecule has 0 aromatic rings. The van der Waals surface area contributed by atoms with Crippen molar-refractivity contribution < 1.29 is 4.79 Å². The standard InChI is InChI=1S/C14H26N2O/c1-4-14(8-9-15-10-14)13(17)16-11(2)6-5-7-12(16)3/h11-12,15H,4-10H2,1-3H3. The molecule has 0 bridgehead atoms. The quantitative estimate of drug-likeness (QED) is 0.799. The van der Waals surface area contributed by atoms with E-state index >= 15 is 0 Å². The van der Waals surface area contributed by atoms with Crippen molar-refractivity contribution in [2.24, 2.45) is 5.41 Å². The Balaban J connectivity index is 2.16. The predicted molar refractivity (Wildman–Crippen MR) is 69.8 cm³/mol. The van der Waals surface area contributed by atoms with Crippen molar-refractivity contribution in [1.29, 1.82) is 0 Å². The van der Waals surface area contributed by atoms with Gasteiger partial charge in [-0.15, -0.1) is 0 Å². The fourth-order valence-corrected chi connectivity index (χ4v) is 3.47. The van der Waals surface area contributed by atoms with Gasteiger partial charge in [0.05, 0.1) is 5.41 Å². The van der Waals surface area contributed by atoms with Crippen LogP contribution in [0.4, 0.5) is 0 Å². The molecule has 2 saturated heterocycles. The van der Waals surface area contributed by atoms with Gasteiger partial charge in [0.2, 0.25) is 5.91 Å². The van der Waals surface area contributed by atoms with Gasteiger partial charge < -0.3 is 10.2 Å². The number of nitrogens with one attached hydrogen (secondary N) is 1. The van der Waals surface area contributed by atoms with Crippen LogP contribution in [0, 0.1) is 5.41 Å². The number of nitrogens with zero attached hydrogens (tertiary/aromatic N) is 1. The van der Waals surface area contributed by atoms with Crippen molar-refractivity contribution in [3.8, 4) is 0 Å². The van der Waals surface area contributed by atoms with Gasteiger partial charge >= 0.3 is 0 Å². The molecule has 3 nitrogen and oxygen atoms in total. The molecule has 0 saturated carbocycles. The molecule has 3 unspecified atom stereocenters. The minimum absolute atomic E-state index is 0.111. The molecule has 0 aromatic carbocycles. The van der Waals surface area contributed by atoms with Gasteiger partial charge in [-0.2, -0.15) is 0 Å². The number of piperidine rings is 1. The number of carbonyl (C=O) groups excluding carboxylic acids is 1. The van der Waals surface area contributed by atoms with E-state index in [-0.39, 0.29) is 5.41 Å². The smallest absolute Gasteiger partial charge is 0.230 e. The Labute approximate surface area is 105 Å². The molecule has 3 heteroatoms. The van der Waals surface area contributed by atoms with Crippen molar-refractivity contribution in [3.05, 3.63) is 0 Å². The van der Waals surface area contributed by atoms with Crippen LogP contribution in [0.25, 0.3) is 0 Å². The molecule has 2 fully saturated rings. The van der Waals surface area contributed by atoms with E-state index in [1.54, 1.807) is 0 Å². The Kier molecular flexibility index (Phi) is 3.76. The maximum atomic E-state index is 12.9. The summed E-state index contributed by atoms with van der Waals surface area (Å²) in [6.07, 6.45) is 5.59. The third-order valence-electron chi connectivity index (χ3n) is 4.80. The number of amides is 1. The van der Waals surface area contributed by atoms with Crippen LogP contribution >= 0.6 is 0 Å². The maximum absolute atomic E-state index is 12.9. The SMILES string of the molecule is CCC1(C(=O)N2C(C)CCCC2C)CCNC1. The van der Waals surface area contributed by atoms with Crippen molar-refractivity contribution in [2.45, 2.75) is 65.0 Å². The highest BCUT2D eigenvalue weighted by Gasteiger charge is 2.44. The van der Waals surface area contributed by atoms with Crippen LogP contribution in [-0.4, -0.2) is 36.0 Å². The van der Waals surface area contributed by atoms with Crippen molar-refractivity contribution in [2.75, 3.05) is 13.1 Å². The summed E-state index contributed by atoms with van der Waals surface area (Å²) < 4.78 is 0. The molecule has 1 N–H and O–H groups in total. The second kappa shape index (κ2) is 4.97. The lowest BCUT2D eigenvalue weighted by molar-refractivity contribution is -0.147. The minimum Gasteiger partial charge on any atom is -0.337 e. The van der Waals surface area contributed by atoms with Crippen LogP contribution < -0.4 is 5.32 Å². The fourth-order valence-electron chi connectivity index (χ4n) is 3.47. The second-order valence-corrected chi connectivity index (χ2v) is 5.90. The number of rotatable bonds is 2. The van der Waals surface area contributed by atoms with Crippen molar-refractivity contribution >= 4 is 5.91 Å². The molecule has 2 aliphatic heterocycles. The highest BCUT2D eigenvalue weighted by molar-refractivity contribution is 5.84. The molecule has 3 atom stereocenters. The van der Waals surface area contributed by atoms with Gasteiger partial charge in [-0.1, -0.05) is 6.92 Å². The summed E-state index contributed by atoms with van der Waals surface area (Å²) >= 11 is 0. The molecular weight excluding hydrogens is 212 g/mol. The average Bonchev–Trinajstić information content (AvgIpc) is 2.78. The van der Waals surface area contributed by atoms with E-state index in [0.29, 0.717) is 18.0 Å². The zero-order chi connectivity index (χ0) is 12.5. The Bertz CT molecular complexity index is 274. The number of hydrogen-bond acceptors (Lipinski definition) is 2. The van der Waals surface area contributed by atoms with Crippen LogP contribution in [0.2, 0.25) is 0 Å². The summed E-state index contributed by atoms with van der Waals surface area (Å²) in [6, 6.07) is 0.852. The van der Waals surface area contributed by atoms with Crippen molar-refractivity contribution in [3.63, 3.8) is 0 Å². The fraction of sp³-hybridized carbons (Fsp3) is 0.929. The van der Waals surface area contributed by atoms with E-state index in [0.717, 1.165) is 25.9 Å². The van der Waals surface area contributed by atoms with Crippen LogP contribution in [-0.2, 0) is 4.79 Å². The first-order chi connectivity index (χ1) is 8.10. The molecule has 98 valence electrons. The van der Waals surface area contributed by atoms with Gasteiger partial charge in [0, 0.05) is 18.6 Å². The lowest BCUT2D eigenvalue weighted by Crippen LogP contribution is -2.54. The van der Waals surface area contributed by atoms with Gasteiger partial charge in [-0.3, -0.25) is 4.79 Å². The van der Waals surface area contributed by atoms with Crippen molar-refractivity contribution in [1.82, 2.24) is 10.2 Å². The van der Waals surface area contributed by atoms with Crippen LogP contribution in [0.1, 0.15) is 52.9 Å². The normalized spacial score (nSPS) is 38.4. The number of hydrogen-bond donors (Lipinski definition) is 1. The third kappa shape index (κ3) is 2.22. The first-order valence-corrected chi connectivity index (χ1v) is 7.14. The summed E-state index contributed by atoms with van der Waals surface area (Å²) in [6.45, 7) is 8.44. The third-order valence-corrected chi connectivity index (χ3v) is 4.80. The van der Waals surface area contributed by atoms with E-state index < -0.39 is 0 Å². The van der Waals surface area contributed by atoms with Crippen LogP contribution in [0.15, 0.2) is 0 Å². The van der Waals surface area contributed by atoms with Gasteiger partial charge in [0.1, 0.15) is 0 Å². The van der Waals surface area contributed by atoms with E-state index in [1.165, 1.54) is 19.3 Å². The summed E-state index contributed by atoms with van der Waals surface area (Å²) in [7, 11) is 0. The Morgan fingerprint density at radius 3 is 2.47 bits per heavy atom. The van der Waals surface area contributed by atoms with E-state index in [1.807, 2.05) is 0 Å². The molecule has 0 spiro atoms. The lowest BCUT2D eigenvalue weighted by Gasteiger charge is -2.43. The van der Waals surface area contributed by atoms with Gasteiger partial charge in [-0.25, -0.2) is 0 Å². The number of carbonyl (C=O) groups is 1. The van der Waals surface area contributed by atoms with Gasteiger partial charge in [0.25, 0.3) is 0 Å². The zero-order valence-corrected chi connectivity index (χ0v) is 11.5. The monoisotopic (exact) mass is 238 g/mol. The molecule has 2 aliphatic rings. The second-order valence-electron chi connectivity index (χ2n) is 5.90. The van der Waals surface area contributed by atoms with Gasteiger partial charge in [0.15, 0.2) is 0 Å². The Hall–Kier alpha value is -0.570.